The Balaban J connectivity index is 1.57. The lowest BCUT2D eigenvalue weighted by Crippen LogP contribution is -2.29. The summed E-state index contributed by atoms with van der Waals surface area (Å²) in [5, 5.41) is 2.82. The van der Waals surface area contributed by atoms with Crippen LogP contribution in [-0.2, 0) is 18.4 Å². The summed E-state index contributed by atoms with van der Waals surface area (Å²) in [5.74, 6) is 1.32. The van der Waals surface area contributed by atoms with Crippen LogP contribution in [-0.4, -0.2) is 22.1 Å². The van der Waals surface area contributed by atoms with Gasteiger partial charge in [-0.3, -0.25) is 4.79 Å². The molecule has 0 atom stereocenters. The summed E-state index contributed by atoms with van der Waals surface area (Å²) in [6.07, 6.45) is 0. The van der Waals surface area contributed by atoms with Gasteiger partial charge in [0.05, 0.1) is 17.6 Å². The monoisotopic (exact) mass is 295 g/mol. The second-order valence-electron chi connectivity index (χ2n) is 4.95. The van der Waals surface area contributed by atoms with E-state index in [0.29, 0.717) is 12.3 Å². The van der Waals surface area contributed by atoms with Crippen molar-refractivity contribution in [3.8, 4) is 5.75 Å². The molecule has 22 heavy (non-hydrogen) atoms. The van der Waals surface area contributed by atoms with Crippen LogP contribution in [0.2, 0.25) is 0 Å². The lowest BCUT2D eigenvalue weighted by molar-refractivity contribution is -0.123. The first-order valence-corrected chi connectivity index (χ1v) is 7.09. The van der Waals surface area contributed by atoms with Crippen molar-refractivity contribution in [2.75, 3.05) is 6.61 Å². The van der Waals surface area contributed by atoms with E-state index in [1.54, 1.807) is 0 Å². The zero-order chi connectivity index (χ0) is 15.4. The molecule has 5 heteroatoms. The van der Waals surface area contributed by atoms with Gasteiger partial charge in [-0.1, -0.05) is 30.3 Å². The smallest absolute Gasteiger partial charge is 0.258 e. The van der Waals surface area contributed by atoms with Crippen molar-refractivity contribution in [1.82, 2.24) is 14.9 Å². The topological polar surface area (TPSA) is 56.2 Å². The van der Waals surface area contributed by atoms with E-state index in [2.05, 4.69) is 10.3 Å². The van der Waals surface area contributed by atoms with Crippen molar-refractivity contribution in [1.29, 1.82) is 0 Å². The van der Waals surface area contributed by atoms with E-state index >= 15 is 0 Å². The molecular formula is C17H17N3O2. The summed E-state index contributed by atoms with van der Waals surface area (Å²) in [6.45, 7) is 0.371. The van der Waals surface area contributed by atoms with Gasteiger partial charge in [-0.05, 0) is 24.3 Å². The van der Waals surface area contributed by atoms with Crippen molar-refractivity contribution in [3.05, 3.63) is 60.4 Å². The molecule has 0 aliphatic rings. The number of aryl methyl sites for hydroxylation is 1. The quantitative estimate of drug-likeness (QED) is 0.785. The molecule has 1 heterocycles. The second-order valence-corrected chi connectivity index (χ2v) is 4.95. The van der Waals surface area contributed by atoms with Crippen molar-refractivity contribution < 1.29 is 9.53 Å². The minimum atomic E-state index is -0.170. The fourth-order valence-electron chi connectivity index (χ4n) is 2.25. The van der Waals surface area contributed by atoms with Crippen molar-refractivity contribution in [2.45, 2.75) is 6.54 Å². The number of nitrogens with zero attached hydrogens (tertiary/aromatic N) is 2. The first kappa shape index (κ1) is 14.1. The largest absolute Gasteiger partial charge is 0.484 e. The number of nitrogens with one attached hydrogen (secondary N) is 1. The van der Waals surface area contributed by atoms with Gasteiger partial charge in [0.25, 0.3) is 5.91 Å². The standard InChI is InChI=1S/C17H17N3O2/c1-20-15-10-6-5-9-14(15)19-16(20)11-18-17(21)12-22-13-7-3-2-4-8-13/h2-10H,11-12H2,1H3,(H,18,21). The molecule has 0 spiro atoms. The molecule has 112 valence electrons. The third-order valence-electron chi connectivity index (χ3n) is 3.44. The van der Waals surface area contributed by atoms with E-state index in [-0.39, 0.29) is 12.5 Å². The van der Waals surface area contributed by atoms with Crippen LogP contribution in [0.5, 0.6) is 5.75 Å². The number of aromatic nitrogens is 2. The summed E-state index contributed by atoms with van der Waals surface area (Å²) < 4.78 is 7.39. The molecule has 3 aromatic rings. The highest BCUT2D eigenvalue weighted by Crippen LogP contribution is 2.14. The van der Waals surface area contributed by atoms with Crippen LogP contribution in [0.3, 0.4) is 0 Å². The third kappa shape index (κ3) is 3.09. The van der Waals surface area contributed by atoms with Gasteiger partial charge in [0.15, 0.2) is 6.61 Å². The molecule has 1 amide bonds. The number of benzene rings is 2. The summed E-state index contributed by atoms with van der Waals surface area (Å²) >= 11 is 0. The summed E-state index contributed by atoms with van der Waals surface area (Å²) in [4.78, 5) is 16.4. The number of carbonyl (C=O) groups excluding carboxylic acids is 1. The number of hydrogen-bond donors (Lipinski definition) is 1. The predicted octanol–water partition coefficient (Wildman–Crippen LogP) is 2.27. The molecule has 0 aliphatic carbocycles. The number of rotatable bonds is 5. The minimum Gasteiger partial charge on any atom is -0.484 e. The number of carbonyl (C=O) groups is 1. The number of fused-ring (bicyclic) bond motifs is 1. The van der Waals surface area contributed by atoms with E-state index in [1.807, 2.05) is 66.2 Å². The summed E-state index contributed by atoms with van der Waals surface area (Å²) in [7, 11) is 1.94. The maximum Gasteiger partial charge on any atom is 0.258 e. The highest BCUT2D eigenvalue weighted by atomic mass is 16.5. The Morgan fingerprint density at radius 2 is 1.86 bits per heavy atom. The fourth-order valence-corrected chi connectivity index (χ4v) is 2.25. The van der Waals surface area contributed by atoms with Crippen LogP contribution < -0.4 is 10.1 Å². The number of amides is 1. The molecule has 0 saturated heterocycles. The van der Waals surface area contributed by atoms with E-state index in [4.69, 9.17) is 4.74 Å². The van der Waals surface area contributed by atoms with Crippen LogP contribution in [0.4, 0.5) is 0 Å². The predicted molar refractivity (Wildman–Crippen MR) is 84.5 cm³/mol. The highest BCUT2D eigenvalue weighted by Gasteiger charge is 2.09. The van der Waals surface area contributed by atoms with Gasteiger partial charge in [0, 0.05) is 7.05 Å². The number of hydrogen-bond acceptors (Lipinski definition) is 3. The molecule has 0 saturated carbocycles. The minimum absolute atomic E-state index is 0.00600. The number of para-hydroxylation sites is 3. The summed E-state index contributed by atoms with van der Waals surface area (Å²) in [5.41, 5.74) is 1.97. The number of ether oxygens (including phenoxy) is 1. The first-order chi connectivity index (χ1) is 10.7. The fraction of sp³-hybridized carbons (Fsp3) is 0.176. The van der Waals surface area contributed by atoms with Gasteiger partial charge in [0.2, 0.25) is 0 Å². The molecule has 0 bridgehead atoms. The Kier molecular flexibility index (Phi) is 4.05. The van der Waals surface area contributed by atoms with E-state index < -0.39 is 0 Å². The van der Waals surface area contributed by atoms with Crippen LogP contribution in [0, 0.1) is 0 Å². The van der Waals surface area contributed by atoms with Crippen LogP contribution in [0.25, 0.3) is 11.0 Å². The zero-order valence-corrected chi connectivity index (χ0v) is 12.3. The number of imidazole rings is 1. The zero-order valence-electron chi connectivity index (χ0n) is 12.3. The molecule has 1 N–H and O–H groups in total. The Morgan fingerprint density at radius 1 is 1.14 bits per heavy atom. The lowest BCUT2D eigenvalue weighted by atomic mass is 10.3. The average molecular weight is 295 g/mol. The maximum atomic E-state index is 11.8. The van der Waals surface area contributed by atoms with Gasteiger partial charge in [-0.15, -0.1) is 0 Å². The second kappa shape index (κ2) is 6.30. The molecule has 0 fully saturated rings. The van der Waals surface area contributed by atoms with E-state index in [1.165, 1.54) is 0 Å². The van der Waals surface area contributed by atoms with Crippen molar-refractivity contribution >= 4 is 16.9 Å². The molecule has 0 aliphatic heterocycles. The van der Waals surface area contributed by atoms with E-state index in [9.17, 15) is 4.79 Å². The molecule has 5 nitrogen and oxygen atoms in total. The molecular weight excluding hydrogens is 278 g/mol. The van der Waals surface area contributed by atoms with Gasteiger partial charge >= 0.3 is 0 Å². The molecule has 0 unspecified atom stereocenters. The molecule has 1 aromatic heterocycles. The maximum absolute atomic E-state index is 11.8. The molecule has 3 rings (SSSR count). The van der Waals surface area contributed by atoms with Crippen LogP contribution in [0.15, 0.2) is 54.6 Å². The van der Waals surface area contributed by atoms with E-state index in [0.717, 1.165) is 16.9 Å². The Hall–Kier alpha value is -2.82. The SMILES string of the molecule is Cn1c(CNC(=O)COc2ccccc2)nc2ccccc21. The summed E-state index contributed by atoms with van der Waals surface area (Å²) in [6, 6.07) is 17.2. The Morgan fingerprint density at radius 3 is 2.64 bits per heavy atom. The third-order valence-corrected chi connectivity index (χ3v) is 3.44. The Labute approximate surface area is 128 Å². The molecule has 0 radical (unpaired) electrons. The highest BCUT2D eigenvalue weighted by molar-refractivity contribution is 5.78. The normalized spacial score (nSPS) is 10.6. The van der Waals surface area contributed by atoms with Crippen molar-refractivity contribution in [3.63, 3.8) is 0 Å². The first-order valence-electron chi connectivity index (χ1n) is 7.09. The van der Waals surface area contributed by atoms with Crippen molar-refractivity contribution in [2.24, 2.45) is 7.05 Å². The lowest BCUT2D eigenvalue weighted by Gasteiger charge is -2.07. The molecule has 2 aromatic carbocycles. The van der Waals surface area contributed by atoms with Crippen LogP contribution >= 0.6 is 0 Å². The van der Waals surface area contributed by atoms with Gasteiger partial charge in [0.1, 0.15) is 11.6 Å². The van der Waals surface area contributed by atoms with Gasteiger partial charge in [-0.2, -0.15) is 0 Å². The Bertz CT molecular complexity index is 781. The van der Waals surface area contributed by atoms with Crippen LogP contribution in [0.1, 0.15) is 5.82 Å². The van der Waals surface area contributed by atoms with Gasteiger partial charge in [-0.25, -0.2) is 4.98 Å². The average Bonchev–Trinajstić information content (AvgIpc) is 2.88. The van der Waals surface area contributed by atoms with Gasteiger partial charge < -0.3 is 14.6 Å².